The molecule has 1 rings (SSSR count). The molecule has 4 heteroatoms. The third-order valence-corrected chi connectivity index (χ3v) is 1.36. The number of rotatable bonds is 0. The van der Waals surface area contributed by atoms with Crippen LogP contribution in [0, 0.1) is 11.3 Å². The molecule has 0 saturated carbocycles. The first-order chi connectivity index (χ1) is 3.84. The highest BCUT2D eigenvalue weighted by atomic mass is 32.1. The van der Waals surface area contributed by atoms with Gasteiger partial charge < -0.3 is 5.73 Å². The first-order valence-electron chi connectivity index (χ1n) is 1.93. The van der Waals surface area contributed by atoms with Crippen LogP contribution in [0.1, 0.15) is 5.69 Å². The summed E-state index contributed by atoms with van der Waals surface area (Å²) in [6.07, 6.45) is 0. The van der Waals surface area contributed by atoms with E-state index in [4.69, 9.17) is 11.0 Å². The SMILES string of the molecule is N#Cc1ncsc1N. The van der Waals surface area contributed by atoms with Gasteiger partial charge in [-0.25, -0.2) is 4.98 Å². The minimum absolute atomic E-state index is 0.329. The molecule has 0 saturated heterocycles. The first-order valence-corrected chi connectivity index (χ1v) is 2.81. The van der Waals surface area contributed by atoms with Crippen LogP contribution >= 0.6 is 11.3 Å². The van der Waals surface area contributed by atoms with Crippen molar-refractivity contribution in [1.29, 1.82) is 5.26 Å². The van der Waals surface area contributed by atoms with Gasteiger partial charge in [0.25, 0.3) is 0 Å². The van der Waals surface area contributed by atoms with E-state index >= 15 is 0 Å². The minimum Gasteiger partial charge on any atom is -0.388 e. The molecular weight excluding hydrogens is 122 g/mol. The standard InChI is InChI=1S/C4H3N3S/c5-1-3-4(6)8-2-7-3/h2H,6H2. The largest absolute Gasteiger partial charge is 0.388 e. The van der Waals surface area contributed by atoms with E-state index in [1.165, 1.54) is 11.3 Å². The first kappa shape index (κ1) is 5.06. The second kappa shape index (κ2) is 1.80. The second-order valence-electron chi connectivity index (χ2n) is 1.18. The van der Waals surface area contributed by atoms with Crippen LogP contribution in [-0.4, -0.2) is 4.98 Å². The Balaban J connectivity index is 3.15. The Hall–Kier alpha value is -1.08. The number of nitrogens with zero attached hydrogens (tertiary/aromatic N) is 2. The van der Waals surface area contributed by atoms with Gasteiger partial charge in [-0.05, 0) is 0 Å². The molecule has 0 bridgehead atoms. The van der Waals surface area contributed by atoms with E-state index in [0.717, 1.165) is 0 Å². The van der Waals surface area contributed by atoms with Gasteiger partial charge in [0.2, 0.25) is 0 Å². The molecule has 2 N–H and O–H groups in total. The molecular formula is C4H3N3S. The highest BCUT2D eigenvalue weighted by molar-refractivity contribution is 7.13. The Morgan fingerprint density at radius 1 is 1.88 bits per heavy atom. The van der Waals surface area contributed by atoms with Crippen LogP contribution in [0.4, 0.5) is 5.00 Å². The van der Waals surface area contributed by atoms with E-state index in [-0.39, 0.29) is 0 Å². The molecule has 8 heavy (non-hydrogen) atoms. The quantitative estimate of drug-likeness (QED) is 0.552. The number of thiazole rings is 1. The molecule has 3 nitrogen and oxygen atoms in total. The van der Waals surface area contributed by atoms with E-state index in [2.05, 4.69) is 4.98 Å². The summed E-state index contributed by atoms with van der Waals surface area (Å²) in [5, 5.41) is 8.71. The molecule has 0 aliphatic carbocycles. The van der Waals surface area contributed by atoms with E-state index in [1.807, 2.05) is 6.07 Å². The number of anilines is 1. The molecule has 0 aliphatic heterocycles. The van der Waals surface area contributed by atoms with Crippen LogP contribution in [0.3, 0.4) is 0 Å². The lowest BCUT2D eigenvalue weighted by molar-refractivity contribution is 1.34. The van der Waals surface area contributed by atoms with Gasteiger partial charge in [-0.3, -0.25) is 0 Å². The average Bonchev–Trinajstić information content (AvgIpc) is 2.14. The number of aromatic nitrogens is 1. The molecule has 0 aliphatic rings. The number of hydrogen-bond acceptors (Lipinski definition) is 4. The summed E-state index contributed by atoms with van der Waals surface area (Å²) in [5.74, 6) is 0. The van der Waals surface area contributed by atoms with E-state index in [1.54, 1.807) is 5.51 Å². The van der Waals surface area contributed by atoms with Crippen LogP contribution in [0.5, 0.6) is 0 Å². The normalized spacial score (nSPS) is 8.38. The third kappa shape index (κ3) is 0.634. The van der Waals surface area contributed by atoms with Crippen molar-refractivity contribution in [2.24, 2.45) is 0 Å². The zero-order valence-electron chi connectivity index (χ0n) is 3.96. The van der Waals surface area contributed by atoms with Crippen molar-refractivity contribution < 1.29 is 0 Å². The maximum absolute atomic E-state index is 8.22. The van der Waals surface area contributed by atoms with Crippen molar-refractivity contribution in [2.45, 2.75) is 0 Å². The highest BCUT2D eigenvalue weighted by Crippen LogP contribution is 2.12. The molecule has 0 unspecified atom stereocenters. The molecule has 0 amide bonds. The van der Waals surface area contributed by atoms with Crippen molar-refractivity contribution >= 4 is 16.3 Å². The molecule has 1 heterocycles. The molecule has 0 spiro atoms. The number of nitrogens with two attached hydrogens (primary N) is 1. The number of nitriles is 1. The molecule has 0 aromatic carbocycles. The highest BCUT2D eigenvalue weighted by Gasteiger charge is 1.96. The fourth-order valence-corrected chi connectivity index (χ4v) is 0.821. The number of hydrogen-bond donors (Lipinski definition) is 1. The van der Waals surface area contributed by atoms with E-state index < -0.39 is 0 Å². The second-order valence-corrected chi connectivity index (χ2v) is 2.06. The molecule has 1 aromatic heterocycles. The maximum Gasteiger partial charge on any atom is 0.174 e. The van der Waals surface area contributed by atoms with Crippen LogP contribution in [-0.2, 0) is 0 Å². The summed E-state index contributed by atoms with van der Waals surface area (Å²) in [6, 6.07) is 1.85. The third-order valence-electron chi connectivity index (χ3n) is 0.701. The topological polar surface area (TPSA) is 62.7 Å². The van der Waals surface area contributed by atoms with E-state index in [9.17, 15) is 0 Å². The smallest absolute Gasteiger partial charge is 0.174 e. The molecule has 40 valence electrons. The van der Waals surface area contributed by atoms with Gasteiger partial charge in [-0.15, -0.1) is 11.3 Å². The predicted octanol–water partition coefficient (Wildman–Crippen LogP) is 0.597. The van der Waals surface area contributed by atoms with Crippen LogP contribution < -0.4 is 5.73 Å². The fraction of sp³-hybridized carbons (Fsp3) is 0. The van der Waals surface area contributed by atoms with E-state index in [0.29, 0.717) is 10.7 Å². The molecule has 0 atom stereocenters. The molecule has 0 fully saturated rings. The Morgan fingerprint density at radius 2 is 2.62 bits per heavy atom. The lowest BCUT2D eigenvalue weighted by atomic mass is 10.5. The van der Waals surface area contributed by atoms with Gasteiger partial charge in [-0.1, -0.05) is 0 Å². The van der Waals surface area contributed by atoms with Crippen LogP contribution in [0.2, 0.25) is 0 Å². The van der Waals surface area contributed by atoms with Gasteiger partial charge in [0.1, 0.15) is 11.1 Å². The Bertz CT molecular complexity index is 221. The lowest BCUT2D eigenvalue weighted by Crippen LogP contribution is -1.82. The zero-order chi connectivity index (χ0) is 5.98. The predicted molar refractivity (Wildman–Crippen MR) is 31.2 cm³/mol. The molecule has 1 aromatic rings. The summed E-state index contributed by atoms with van der Waals surface area (Å²) >= 11 is 1.27. The number of nitrogen functional groups attached to an aromatic ring is 1. The van der Waals surface area contributed by atoms with Crippen molar-refractivity contribution in [1.82, 2.24) is 4.98 Å². The van der Waals surface area contributed by atoms with Crippen LogP contribution in [0.25, 0.3) is 0 Å². The summed E-state index contributed by atoms with van der Waals surface area (Å²) < 4.78 is 0. The van der Waals surface area contributed by atoms with Gasteiger partial charge in [0, 0.05) is 0 Å². The summed E-state index contributed by atoms with van der Waals surface area (Å²) in [4.78, 5) is 3.67. The minimum atomic E-state index is 0.329. The zero-order valence-corrected chi connectivity index (χ0v) is 4.77. The monoisotopic (exact) mass is 125 g/mol. The fourth-order valence-electron chi connectivity index (χ4n) is 0.339. The van der Waals surface area contributed by atoms with Crippen LogP contribution in [0.15, 0.2) is 5.51 Å². The summed E-state index contributed by atoms with van der Waals surface area (Å²) in [7, 11) is 0. The summed E-state index contributed by atoms with van der Waals surface area (Å²) in [6.45, 7) is 0. The van der Waals surface area contributed by atoms with Gasteiger partial charge in [0.05, 0.1) is 5.51 Å². The van der Waals surface area contributed by atoms with Crippen molar-refractivity contribution in [3.8, 4) is 6.07 Å². The Kier molecular flexibility index (Phi) is 1.14. The van der Waals surface area contributed by atoms with Gasteiger partial charge >= 0.3 is 0 Å². The average molecular weight is 125 g/mol. The Labute approximate surface area is 50.4 Å². The maximum atomic E-state index is 8.22. The molecule has 0 radical (unpaired) electrons. The van der Waals surface area contributed by atoms with Crippen molar-refractivity contribution in [3.63, 3.8) is 0 Å². The summed E-state index contributed by atoms with van der Waals surface area (Å²) in [5.41, 5.74) is 7.16. The lowest BCUT2D eigenvalue weighted by Gasteiger charge is -1.76. The van der Waals surface area contributed by atoms with Crippen molar-refractivity contribution in [2.75, 3.05) is 5.73 Å². The van der Waals surface area contributed by atoms with Gasteiger partial charge in [0.15, 0.2) is 5.69 Å². The Morgan fingerprint density at radius 3 is 2.88 bits per heavy atom. The van der Waals surface area contributed by atoms with Crippen molar-refractivity contribution in [3.05, 3.63) is 11.2 Å². The van der Waals surface area contributed by atoms with Gasteiger partial charge in [-0.2, -0.15) is 5.26 Å².